The van der Waals surface area contributed by atoms with Crippen LogP contribution in [0.5, 0.6) is 0 Å². The number of aliphatic carboxylic acids is 1. The fourth-order valence-electron chi connectivity index (χ4n) is 6.65. The molecule has 1 aromatic carbocycles. The summed E-state index contributed by atoms with van der Waals surface area (Å²) < 4.78 is 0. The molecule has 1 rings (SSSR count). The summed E-state index contributed by atoms with van der Waals surface area (Å²) in [6.45, 7) is 9.99. The number of nitrogens with one attached hydrogen (secondary N) is 3. The molecular weight excluding hydrogens is 763 g/mol. The second kappa shape index (κ2) is 26.7. The molecule has 1 aromatic rings. The van der Waals surface area contributed by atoms with Crippen LogP contribution in [-0.4, -0.2) is 94.4 Å². The van der Waals surface area contributed by atoms with Crippen LogP contribution in [0.3, 0.4) is 0 Å². The summed E-state index contributed by atoms with van der Waals surface area (Å²) in [7, 11) is 0. The number of primary amides is 1. The van der Waals surface area contributed by atoms with Gasteiger partial charge in [-0.3, -0.25) is 43.3 Å². The number of ketones is 3. The number of rotatable bonds is 30. The van der Waals surface area contributed by atoms with Crippen LogP contribution in [-0.2, 0) is 44.8 Å². The summed E-state index contributed by atoms with van der Waals surface area (Å²) in [4.78, 5) is 109. The number of hydrogen-bond donors (Lipinski definition) is 8. The van der Waals surface area contributed by atoms with Gasteiger partial charge in [0.1, 0.15) is 6.04 Å². The molecule has 4 amide bonds. The first kappa shape index (κ1) is 51.8. The maximum Gasteiger partial charge on any atom is 0.305 e. The lowest BCUT2D eigenvalue weighted by molar-refractivity contribution is -0.141. The Morgan fingerprint density at radius 1 is 0.661 bits per heavy atom. The van der Waals surface area contributed by atoms with Crippen molar-refractivity contribution < 1.29 is 48.6 Å². The van der Waals surface area contributed by atoms with Crippen LogP contribution in [0.4, 0.5) is 0 Å². The molecule has 0 aliphatic rings. The molecule has 0 aliphatic carbocycles. The number of Topliss-reactive ketones (excluding diaryl/α,β-unsaturated/α-hetero) is 3. The molecule has 17 nitrogen and oxygen atoms in total. The van der Waals surface area contributed by atoms with Crippen LogP contribution in [0, 0.1) is 35.5 Å². The number of hydrogen-bond acceptors (Lipinski definition) is 10. The van der Waals surface area contributed by atoms with E-state index in [1.807, 2.05) is 13.8 Å². The van der Waals surface area contributed by atoms with Gasteiger partial charge in [0.2, 0.25) is 23.6 Å². The number of carboxylic acid groups (broad SMARTS) is 1. The predicted octanol–water partition coefficient (Wildman–Crippen LogP) is 1.55. The lowest BCUT2D eigenvalue weighted by atomic mass is 9.83. The van der Waals surface area contributed by atoms with Gasteiger partial charge in [0.15, 0.2) is 23.3 Å². The lowest BCUT2D eigenvalue weighted by Crippen LogP contribution is -2.50. The van der Waals surface area contributed by atoms with E-state index in [-0.39, 0.29) is 24.7 Å². The Bertz CT molecular complexity index is 1600. The van der Waals surface area contributed by atoms with Crippen molar-refractivity contribution in [2.45, 2.75) is 124 Å². The highest BCUT2D eigenvalue weighted by Crippen LogP contribution is 2.24. The zero-order valence-corrected chi connectivity index (χ0v) is 35.4. The van der Waals surface area contributed by atoms with E-state index < -0.39 is 121 Å². The Labute approximate surface area is 347 Å². The standard InChI is InChI=1S/C42H67N7O10/c1-7-24(4)29(38(43)56)20-35(52)31(19-27-14-11-10-12-15-27)48-41(59)30(25(5)8-2)21-36(53)32(22-37(54)55)47-39(57)26(6)18-34(51)33(23-50)49-40(58)28(9-3)16-13-17-46-42(44)45/h10-12,14-15,24-26,28-33,50H,7-9,13,16-23H2,1-6H3,(H2,43,56)(H,47,57)(H,48,59)(H,49,58)(H,54,55)(H4,44,45,46)/t24-,25-,26+,28-,29-,30-,31-,32-,33-/m0/s1. The number of aliphatic hydroxyl groups excluding tert-OH is 1. The van der Waals surface area contributed by atoms with Gasteiger partial charge < -0.3 is 43.4 Å². The summed E-state index contributed by atoms with van der Waals surface area (Å²) in [5, 5.41) is 27.4. The van der Waals surface area contributed by atoms with Crippen LogP contribution in [0.25, 0.3) is 0 Å². The Morgan fingerprint density at radius 3 is 1.71 bits per heavy atom. The van der Waals surface area contributed by atoms with Crippen LogP contribution in [0.15, 0.2) is 35.3 Å². The molecule has 0 fully saturated rings. The van der Waals surface area contributed by atoms with E-state index in [4.69, 9.17) is 17.2 Å². The number of amides is 4. The number of benzene rings is 1. The Kier molecular flexibility index (Phi) is 23.5. The molecule has 0 heterocycles. The third kappa shape index (κ3) is 18.5. The fraction of sp³-hybridized carbons (Fsp3) is 0.643. The van der Waals surface area contributed by atoms with Gasteiger partial charge in [0, 0.05) is 49.5 Å². The smallest absolute Gasteiger partial charge is 0.305 e. The SMILES string of the molecule is CC[C@@H](CCCN=C(N)N)C(=O)N[C@@H](CO)C(=O)C[C@@H](C)C(=O)N[C@@H](CC(=O)O)C(=O)C[C@H](C(=O)N[C@@H](Cc1ccccc1)C(=O)C[C@H](C(N)=O)[C@@H](C)CC)[C@@H](C)CC. The minimum atomic E-state index is -1.57. The van der Waals surface area contributed by atoms with Crippen molar-refractivity contribution >= 4 is 52.9 Å². The van der Waals surface area contributed by atoms with Gasteiger partial charge in [-0.15, -0.1) is 0 Å². The van der Waals surface area contributed by atoms with Crippen molar-refractivity contribution in [2.75, 3.05) is 13.2 Å². The molecule has 17 heteroatoms. The molecule has 0 saturated carbocycles. The van der Waals surface area contributed by atoms with Crippen LogP contribution in [0.1, 0.15) is 105 Å². The zero-order chi connectivity index (χ0) is 44.8. The normalized spacial score (nSPS) is 15.7. The number of carbonyl (C=O) groups is 8. The Morgan fingerprint density at radius 2 is 1.19 bits per heavy atom. The summed E-state index contributed by atoms with van der Waals surface area (Å²) in [5.74, 6) is -9.81. The van der Waals surface area contributed by atoms with E-state index in [1.165, 1.54) is 6.92 Å². The monoisotopic (exact) mass is 829 g/mol. The molecule has 11 N–H and O–H groups in total. The summed E-state index contributed by atoms with van der Waals surface area (Å²) >= 11 is 0. The van der Waals surface area contributed by atoms with E-state index in [0.717, 1.165) is 5.56 Å². The van der Waals surface area contributed by atoms with Gasteiger partial charge >= 0.3 is 5.97 Å². The first-order chi connectivity index (χ1) is 27.8. The summed E-state index contributed by atoms with van der Waals surface area (Å²) in [5.41, 5.74) is 17.1. The third-order valence-corrected chi connectivity index (χ3v) is 11.0. The maximum atomic E-state index is 14.0. The average molecular weight is 830 g/mol. The largest absolute Gasteiger partial charge is 0.481 e. The van der Waals surface area contributed by atoms with Crippen LogP contribution >= 0.6 is 0 Å². The van der Waals surface area contributed by atoms with Gasteiger partial charge in [0.05, 0.1) is 25.1 Å². The number of carbonyl (C=O) groups excluding carboxylic acids is 7. The second-order valence-corrected chi connectivity index (χ2v) is 15.5. The molecule has 0 aliphatic heterocycles. The van der Waals surface area contributed by atoms with Gasteiger partial charge in [-0.2, -0.15) is 0 Å². The van der Waals surface area contributed by atoms with Crippen LogP contribution < -0.4 is 33.2 Å². The molecule has 59 heavy (non-hydrogen) atoms. The van der Waals surface area contributed by atoms with Crippen molar-refractivity contribution in [1.82, 2.24) is 16.0 Å². The Hall–Kier alpha value is -5.19. The number of carboxylic acids is 1. The highest BCUT2D eigenvalue weighted by Gasteiger charge is 2.36. The molecule has 9 atom stereocenters. The first-order valence-corrected chi connectivity index (χ1v) is 20.5. The fourth-order valence-corrected chi connectivity index (χ4v) is 6.65. The number of guanidine groups is 1. The summed E-state index contributed by atoms with van der Waals surface area (Å²) in [6, 6.07) is 5.00. The van der Waals surface area contributed by atoms with Crippen molar-refractivity contribution in [3.8, 4) is 0 Å². The van der Waals surface area contributed by atoms with E-state index in [0.29, 0.717) is 38.6 Å². The van der Waals surface area contributed by atoms with Crippen molar-refractivity contribution in [3.05, 3.63) is 35.9 Å². The van der Waals surface area contributed by atoms with E-state index >= 15 is 0 Å². The number of aliphatic hydroxyl groups is 1. The molecule has 0 aromatic heterocycles. The first-order valence-electron chi connectivity index (χ1n) is 20.5. The van der Waals surface area contributed by atoms with Gasteiger partial charge in [-0.25, -0.2) is 0 Å². The molecule has 0 unspecified atom stereocenters. The highest BCUT2D eigenvalue weighted by molar-refractivity contribution is 5.98. The minimum absolute atomic E-state index is 0.0730. The summed E-state index contributed by atoms with van der Waals surface area (Å²) in [6.07, 6.45) is 0.582. The average Bonchev–Trinajstić information content (AvgIpc) is 3.19. The predicted molar refractivity (Wildman–Crippen MR) is 222 cm³/mol. The minimum Gasteiger partial charge on any atom is -0.481 e. The molecule has 330 valence electrons. The van der Waals surface area contributed by atoms with Crippen molar-refractivity contribution in [3.63, 3.8) is 0 Å². The van der Waals surface area contributed by atoms with Gasteiger partial charge in [-0.1, -0.05) is 84.7 Å². The number of nitrogens with two attached hydrogens (primary N) is 3. The maximum absolute atomic E-state index is 14.0. The molecule has 0 radical (unpaired) electrons. The van der Waals surface area contributed by atoms with E-state index in [9.17, 15) is 48.6 Å². The van der Waals surface area contributed by atoms with E-state index in [2.05, 4.69) is 20.9 Å². The Balaban J connectivity index is 3.18. The third-order valence-electron chi connectivity index (χ3n) is 11.0. The number of aliphatic imine (C=N–C) groups is 1. The molecular formula is C42H67N7O10. The lowest BCUT2D eigenvalue weighted by Gasteiger charge is -2.28. The van der Waals surface area contributed by atoms with Gasteiger partial charge in [0.25, 0.3) is 0 Å². The quantitative estimate of drug-likeness (QED) is 0.0311. The van der Waals surface area contributed by atoms with E-state index in [1.54, 1.807) is 51.1 Å². The zero-order valence-electron chi connectivity index (χ0n) is 35.4. The number of nitrogens with zero attached hydrogens (tertiary/aromatic N) is 1. The topological polar surface area (TPSA) is 304 Å². The molecule has 0 spiro atoms. The van der Waals surface area contributed by atoms with Crippen molar-refractivity contribution in [2.24, 2.45) is 57.7 Å². The van der Waals surface area contributed by atoms with Crippen molar-refractivity contribution in [1.29, 1.82) is 0 Å². The van der Waals surface area contributed by atoms with Crippen LogP contribution in [0.2, 0.25) is 0 Å². The molecule has 0 bridgehead atoms. The van der Waals surface area contributed by atoms with Gasteiger partial charge in [-0.05, 0) is 43.1 Å². The second-order valence-electron chi connectivity index (χ2n) is 15.5. The highest BCUT2D eigenvalue weighted by atomic mass is 16.4. The molecule has 0 saturated heterocycles.